The van der Waals surface area contributed by atoms with Gasteiger partial charge in [0.15, 0.2) is 0 Å². The topological polar surface area (TPSA) is 23.8 Å². The average Bonchev–Trinajstić information content (AvgIpc) is 1.88. The summed E-state index contributed by atoms with van der Waals surface area (Å²) in [5.74, 6) is 0. The van der Waals surface area contributed by atoms with Crippen LogP contribution in [0.3, 0.4) is 0 Å². The Kier molecular flexibility index (Phi) is 46.3. The first-order valence-electron chi connectivity index (χ1n) is 2.07. The standard InChI is InChI=1S/C4H6.C3H3N.Zn/c1-3-4-2;1-2-3-4;/h3-4H,1-2H2;2H,1H2;. The van der Waals surface area contributed by atoms with Crippen LogP contribution in [0.4, 0.5) is 0 Å². The van der Waals surface area contributed by atoms with E-state index in [1.807, 2.05) is 0 Å². The first kappa shape index (κ1) is 15.8. The van der Waals surface area contributed by atoms with Gasteiger partial charge in [-0.25, -0.2) is 0 Å². The van der Waals surface area contributed by atoms with E-state index in [1.54, 1.807) is 18.2 Å². The zero-order chi connectivity index (χ0) is 6.83. The molecule has 0 aromatic rings. The largest absolute Gasteiger partial charge is 0.193 e. The maximum Gasteiger partial charge on any atom is 0.0905 e. The molecule has 0 fully saturated rings. The van der Waals surface area contributed by atoms with Crippen LogP contribution in [-0.2, 0) is 19.5 Å². The fourth-order valence-electron chi connectivity index (χ4n) is 0. The third-order valence-corrected chi connectivity index (χ3v) is 0.258. The zero-order valence-electron chi connectivity index (χ0n) is 5.51. The fraction of sp³-hybridized carbons (Fsp3) is 0. The summed E-state index contributed by atoms with van der Waals surface area (Å²) in [6.07, 6.45) is 4.46. The molecule has 0 unspecified atom stereocenters. The van der Waals surface area contributed by atoms with Crippen molar-refractivity contribution in [3.8, 4) is 6.07 Å². The van der Waals surface area contributed by atoms with Crippen LogP contribution in [-0.4, -0.2) is 0 Å². The number of nitriles is 1. The van der Waals surface area contributed by atoms with Gasteiger partial charge >= 0.3 is 0 Å². The van der Waals surface area contributed by atoms with E-state index < -0.39 is 0 Å². The molecule has 0 atom stereocenters. The van der Waals surface area contributed by atoms with E-state index in [1.165, 1.54) is 6.08 Å². The first-order valence-corrected chi connectivity index (χ1v) is 2.07. The predicted octanol–water partition coefficient (Wildman–Crippen LogP) is 2.05. The summed E-state index contributed by atoms with van der Waals surface area (Å²) in [6, 6.07) is 1.69. The van der Waals surface area contributed by atoms with Crippen LogP contribution < -0.4 is 0 Å². The molecule has 0 aromatic carbocycles. The molecule has 0 heterocycles. The van der Waals surface area contributed by atoms with Crippen molar-refractivity contribution in [2.45, 2.75) is 0 Å². The van der Waals surface area contributed by atoms with E-state index in [2.05, 4.69) is 19.7 Å². The maximum atomic E-state index is 7.51. The van der Waals surface area contributed by atoms with Crippen LogP contribution in [0.2, 0.25) is 0 Å². The van der Waals surface area contributed by atoms with Gasteiger partial charge in [0.1, 0.15) is 0 Å². The Morgan fingerprint density at radius 1 is 1.11 bits per heavy atom. The van der Waals surface area contributed by atoms with Crippen molar-refractivity contribution in [2.24, 2.45) is 0 Å². The summed E-state index contributed by atoms with van der Waals surface area (Å²) in [6.45, 7) is 9.84. The minimum absolute atomic E-state index is 0. The molecule has 0 rings (SSSR count). The van der Waals surface area contributed by atoms with Crippen LogP contribution >= 0.6 is 0 Å². The molecule has 0 aliphatic carbocycles. The van der Waals surface area contributed by atoms with E-state index in [0.29, 0.717) is 0 Å². The zero-order valence-corrected chi connectivity index (χ0v) is 8.47. The van der Waals surface area contributed by atoms with Crippen molar-refractivity contribution in [3.05, 3.63) is 38.0 Å². The third kappa shape index (κ3) is 117. The van der Waals surface area contributed by atoms with Crippen LogP contribution in [0.1, 0.15) is 0 Å². The monoisotopic (exact) mass is 171 g/mol. The van der Waals surface area contributed by atoms with Gasteiger partial charge in [-0.3, -0.25) is 0 Å². The maximum absolute atomic E-state index is 7.51. The fourth-order valence-corrected chi connectivity index (χ4v) is 0. The van der Waals surface area contributed by atoms with Gasteiger partial charge in [0.2, 0.25) is 0 Å². The number of rotatable bonds is 1. The third-order valence-electron chi connectivity index (χ3n) is 0.258. The van der Waals surface area contributed by atoms with Gasteiger partial charge in [-0.2, -0.15) is 5.26 Å². The summed E-state index contributed by atoms with van der Waals surface area (Å²) >= 11 is 0. The number of hydrogen-bond acceptors (Lipinski definition) is 1. The Balaban J connectivity index is -0.0000000720. The van der Waals surface area contributed by atoms with Crippen LogP contribution in [0.5, 0.6) is 0 Å². The normalized spacial score (nSPS) is 3.89. The molecule has 0 radical (unpaired) electrons. The van der Waals surface area contributed by atoms with Crippen molar-refractivity contribution in [2.75, 3.05) is 0 Å². The van der Waals surface area contributed by atoms with Crippen LogP contribution in [0.25, 0.3) is 0 Å². The van der Waals surface area contributed by atoms with Gasteiger partial charge in [-0.05, 0) is 0 Å². The Bertz CT molecular complexity index is 105. The molecule has 0 aromatic heterocycles. The molecule has 1 nitrogen and oxygen atoms in total. The Morgan fingerprint density at radius 3 is 1.33 bits per heavy atom. The second-order valence-corrected chi connectivity index (χ2v) is 0.805. The second kappa shape index (κ2) is 26.5. The Hall–Kier alpha value is -0.667. The molecule has 9 heavy (non-hydrogen) atoms. The van der Waals surface area contributed by atoms with Gasteiger partial charge in [-0.1, -0.05) is 31.9 Å². The second-order valence-electron chi connectivity index (χ2n) is 0.805. The molecule has 0 aliphatic heterocycles. The van der Waals surface area contributed by atoms with E-state index in [4.69, 9.17) is 5.26 Å². The summed E-state index contributed by atoms with van der Waals surface area (Å²) in [4.78, 5) is 0. The molecule has 0 bridgehead atoms. The van der Waals surface area contributed by atoms with Gasteiger partial charge in [0.25, 0.3) is 0 Å². The molecule has 0 N–H and O–H groups in total. The Morgan fingerprint density at radius 2 is 1.33 bits per heavy atom. The number of nitrogens with zero attached hydrogens (tertiary/aromatic N) is 1. The minimum atomic E-state index is 0. The molecule has 0 saturated heterocycles. The van der Waals surface area contributed by atoms with Crippen molar-refractivity contribution in [1.82, 2.24) is 0 Å². The SMILES string of the molecule is C=CC#N.C=CC=C.[Zn]. The molecular weight excluding hydrogens is 163 g/mol. The smallest absolute Gasteiger partial charge is 0.0905 e. The van der Waals surface area contributed by atoms with Crippen molar-refractivity contribution in [1.29, 1.82) is 5.26 Å². The van der Waals surface area contributed by atoms with Crippen molar-refractivity contribution < 1.29 is 19.5 Å². The van der Waals surface area contributed by atoms with Crippen molar-refractivity contribution in [3.63, 3.8) is 0 Å². The molecule has 2 heteroatoms. The quantitative estimate of drug-likeness (QED) is 0.337. The van der Waals surface area contributed by atoms with Gasteiger partial charge < -0.3 is 0 Å². The summed E-state index contributed by atoms with van der Waals surface area (Å²) in [5.41, 5.74) is 0. The number of allylic oxidation sites excluding steroid dienone is 3. The molecule has 0 spiro atoms. The van der Waals surface area contributed by atoms with Crippen LogP contribution in [0, 0.1) is 11.3 Å². The van der Waals surface area contributed by atoms with E-state index in [9.17, 15) is 0 Å². The molecule has 0 amide bonds. The van der Waals surface area contributed by atoms with Crippen molar-refractivity contribution >= 4 is 0 Å². The first-order chi connectivity index (χ1) is 3.83. The Labute approximate surface area is 69.1 Å². The summed E-state index contributed by atoms with van der Waals surface area (Å²) < 4.78 is 0. The summed E-state index contributed by atoms with van der Waals surface area (Å²) in [5, 5.41) is 7.51. The predicted molar refractivity (Wildman–Crippen MR) is 36.2 cm³/mol. The summed E-state index contributed by atoms with van der Waals surface area (Å²) in [7, 11) is 0. The van der Waals surface area contributed by atoms with Gasteiger partial charge in [0.05, 0.1) is 6.07 Å². The molecule has 44 valence electrons. The van der Waals surface area contributed by atoms with E-state index in [-0.39, 0.29) is 19.5 Å². The van der Waals surface area contributed by atoms with E-state index in [0.717, 1.165) is 0 Å². The number of hydrogen-bond donors (Lipinski definition) is 0. The minimum Gasteiger partial charge on any atom is -0.193 e. The van der Waals surface area contributed by atoms with Gasteiger partial charge in [-0.15, -0.1) is 0 Å². The van der Waals surface area contributed by atoms with E-state index >= 15 is 0 Å². The molecule has 0 saturated carbocycles. The average molecular weight is 173 g/mol. The molecular formula is C7H9NZn. The van der Waals surface area contributed by atoms with Crippen LogP contribution in [0.15, 0.2) is 38.0 Å². The van der Waals surface area contributed by atoms with Gasteiger partial charge in [0, 0.05) is 25.6 Å². The molecule has 0 aliphatic rings.